The van der Waals surface area contributed by atoms with Crippen LogP contribution in [0.2, 0.25) is 0 Å². The number of hydrogen-bond donors (Lipinski definition) is 2. The van der Waals surface area contributed by atoms with E-state index >= 15 is 0 Å². The molecule has 2 heterocycles. The van der Waals surface area contributed by atoms with Gasteiger partial charge in [0.25, 0.3) is 11.3 Å². The maximum Gasteiger partial charge on any atom is 0.277 e. The molecule has 0 aliphatic carbocycles. The third kappa shape index (κ3) is 3.99. The van der Waals surface area contributed by atoms with Crippen LogP contribution >= 0.6 is 0 Å². The molecule has 7 nitrogen and oxygen atoms in total. The Morgan fingerprint density at radius 1 is 1.07 bits per heavy atom. The van der Waals surface area contributed by atoms with Gasteiger partial charge in [-0.3, -0.25) is 9.89 Å². The van der Waals surface area contributed by atoms with E-state index < -0.39 is 0 Å². The molecule has 0 unspecified atom stereocenters. The van der Waals surface area contributed by atoms with Crippen LogP contribution in [0.4, 0.5) is 5.69 Å². The van der Waals surface area contributed by atoms with Gasteiger partial charge in [0.2, 0.25) is 0 Å². The van der Waals surface area contributed by atoms with Gasteiger partial charge in [-0.1, -0.05) is 42.5 Å². The van der Waals surface area contributed by atoms with Gasteiger partial charge in [-0.2, -0.15) is 9.50 Å². The summed E-state index contributed by atoms with van der Waals surface area (Å²) in [5.74, 6) is 1.78. The van der Waals surface area contributed by atoms with E-state index in [4.69, 9.17) is 4.74 Å². The predicted molar refractivity (Wildman–Crippen MR) is 113 cm³/mol. The monoisotopic (exact) mass is 389 g/mol. The number of aryl methyl sites for hydroxylation is 1. The van der Waals surface area contributed by atoms with Crippen molar-refractivity contribution < 1.29 is 4.74 Å². The van der Waals surface area contributed by atoms with Gasteiger partial charge in [-0.25, -0.2) is 4.98 Å². The summed E-state index contributed by atoms with van der Waals surface area (Å²) in [7, 11) is 0. The highest BCUT2D eigenvalue weighted by Crippen LogP contribution is 2.24. The summed E-state index contributed by atoms with van der Waals surface area (Å²) >= 11 is 0. The number of rotatable bonds is 7. The molecule has 148 valence electrons. The second-order valence-corrected chi connectivity index (χ2v) is 6.73. The molecule has 4 rings (SSSR count). The Kier molecular flexibility index (Phi) is 5.29. The summed E-state index contributed by atoms with van der Waals surface area (Å²) in [5, 5.41) is 6.37. The fourth-order valence-electron chi connectivity index (χ4n) is 3.25. The molecule has 0 saturated heterocycles. The van der Waals surface area contributed by atoms with Crippen LogP contribution in [-0.2, 0) is 13.0 Å². The molecule has 2 N–H and O–H groups in total. The summed E-state index contributed by atoms with van der Waals surface area (Å²) in [6.07, 6.45) is 0.537. The van der Waals surface area contributed by atoms with Gasteiger partial charge in [-0.05, 0) is 31.5 Å². The molecule has 0 fully saturated rings. The minimum Gasteiger partial charge on any atom is -0.492 e. The molecule has 2 aromatic heterocycles. The summed E-state index contributed by atoms with van der Waals surface area (Å²) in [6, 6.07) is 17.6. The Balaban J connectivity index is 1.60. The number of hydrogen-bond acceptors (Lipinski definition) is 5. The molecule has 0 aliphatic heterocycles. The van der Waals surface area contributed by atoms with Crippen LogP contribution in [0.5, 0.6) is 5.75 Å². The number of aromatic nitrogens is 4. The zero-order valence-electron chi connectivity index (χ0n) is 16.5. The minimum absolute atomic E-state index is 0.121. The molecule has 0 radical (unpaired) electrons. The first-order chi connectivity index (χ1) is 14.2. The highest BCUT2D eigenvalue weighted by Gasteiger charge is 2.14. The summed E-state index contributed by atoms with van der Waals surface area (Å²) < 4.78 is 7.04. The average molecular weight is 389 g/mol. The van der Waals surface area contributed by atoms with Crippen molar-refractivity contribution in [2.75, 3.05) is 11.9 Å². The third-order valence-electron chi connectivity index (χ3n) is 4.70. The van der Waals surface area contributed by atoms with Crippen LogP contribution in [0.3, 0.4) is 0 Å². The smallest absolute Gasteiger partial charge is 0.277 e. The third-order valence-corrected chi connectivity index (χ3v) is 4.70. The Morgan fingerprint density at radius 2 is 1.83 bits per heavy atom. The van der Waals surface area contributed by atoms with E-state index in [1.165, 1.54) is 4.52 Å². The minimum atomic E-state index is -0.121. The molecule has 0 aliphatic rings. The van der Waals surface area contributed by atoms with E-state index in [-0.39, 0.29) is 5.56 Å². The zero-order valence-corrected chi connectivity index (χ0v) is 16.5. The van der Waals surface area contributed by atoms with E-state index in [2.05, 4.69) is 20.4 Å². The number of fused-ring (bicyclic) bond motifs is 1. The number of H-pyrrole nitrogens is 1. The van der Waals surface area contributed by atoms with Crippen LogP contribution < -0.4 is 15.6 Å². The molecule has 0 atom stereocenters. The Labute approximate surface area is 168 Å². The number of nitrogens with one attached hydrogen (secondary N) is 2. The van der Waals surface area contributed by atoms with Gasteiger partial charge in [0.15, 0.2) is 0 Å². The van der Waals surface area contributed by atoms with Crippen molar-refractivity contribution in [2.24, 2.45) is 0 Å². The fraction of sp³-hybridized carbons (Fsp3) is 0.227. The SMILES string of the molecule is CCOc1ccccc1NCc1nc2nc(C)c(Cc3ccccc3)c(=O)n2[nH]1. The maximum atomic E-state index is 13.0. The fourth-order valence-corrected chi connectivity index (χ4v) is 3.25. The highest BCUT2D eigenvalue weighted by atomic mass is 16.5. The first-order valence-corrected chi connectivity index (χ1v) is 9.62. The number of para-hydroxylation sites is 2. The zero-order chi connectivity index (χ0) is 20.2. The standard InChI is InChI=1S/C22H23N5O2/c1-3-29-19-12-8-7-11-18(19)23-14-20-25-22-24-15(2)17(21(28)27(22)26-20)13-16-9-5-4-6-10-16/h4-12,23H,3,13-14H2,1-2H3,(H,24,25,26). The van der Waals surface area contributed by atoms with Crippen LogP contribution in [0, 0.1) is 6.92 Å². The van der Waals surface area contributed by atoms with Crippen LogP contribution in [-0.4, -0.2) is 26.2 Å². The van der Waals surface area contributed by atoms with E-state index in [0.29, 0.717) is 42.4 Å². The number of nitrogens with zero attached hydrogens (tertiary/aromatic N) is 3. The normalized spacial score (nSPS) is 11.0. The Bertz CT molecular complexity index is 1180. The lowest BCUT2D eigenvalue weighted by molar-refractivity contribution is 0.341. The van der Waals surface area contributed by atoms with Crippen molar-refractivity contribution in [1.29, 1.82) is 0 Å². The molecule has 4 aromatic rings. The molecule has 0 spiro atoms. The van der Waals surface area contributed by atoms with Crippen molar-refractivity contribution in [3.05, 3.63) is 87.6 Å². The van der Waals surface area contributed by atoms with E-state index in [0.717, 1.165) is 17.0 Å². The van der Waals surface area contributed by atoms with Crippen molar-refractivity contribution >= 4 is 11.5 Å². The lowest BCUT2D eigenvalue weighted by atomic mass is 10.1. The maximum absolute atomic E-state index is 13.0. The molecule has 2 aromatic carbocycles. The predicted octanol–water partition coefficient (Wildman–Crippen LogP) is 3.33. The highest BCUT2D eigenvalue weighted by molar-refractivity contribution is 5.56. The first-order valence-electron chi connectivity index (χ1n) is 9.62. The van der Waals surface area contributed by atoms with Gasteiger partial charge in [0.1, 0.15) is 11.6 Å². The number of aromatic amines is 1. The van der Waals surface area contributed by atoms with Crippen LogP contribution in [0.1, 0.15) is 29.6 Å². The summed E-state index contributed by atoms with van der Waals surface area (Å²) in [6.45, 7) is 4.81. The van der Waals surface area contributed by atoms with E-state index in [1.807, 2.05) is 68.4 Å². The van der Waals surface area contributed by atoms with Gasteiger partial charge < -0.3 is 10.1 Å². The molecular formula is C22H23N5O2. The molecule has 29 heavy (non-hydrogen) atoms. The van der Waals surface area contributed by atoms with Gasteiger partial charge in [0, 0.05) is 12.0 Å². The first kappa shape index (κ1) is 18.7. The number of benzene rings is 2. The van der Waals surface area contributed by atoms with Crippen molar-refractivity contribution in [1.82, 2.24) is 19.6 Å². The summed E-state index contributed by atoms with van der Waals surface area (Å²) in [5.41, 5.74) is 3.19. The van der Waals surface area contributed by atoms with Crippen molar-refractivity contribution in [3.8, 4) is 5.75 Å². The number of ether oxygens (including phenoxy) is 1. The van der Waals surface area contributed by atoms with Crippen LogP contribution in [0.15, 0.2) is 59.4 Å². The van der Waals surface area contributed by atoms with Crippen LogP contribution in [0.25, 0.3) is 5.78 Å². The van der Waals surface area contributed by atoms with Gasteiger partial charge in [0.05, 0.1) is 24.5 Å². The van der Waals surface area contributed by atoms with Gasteiger partial charge in [-0.15, -0.1) is 0 Å². The Hall–Kier alpha value is -3.61. The molecule has 0 amide bonds. The molecule has 7 heteroatoms. The van der Waals surface area contributed by atoms with Crippen molar-refractivity contribution in [3.63, 3.8) is 0 Å². The molecule has 0 bridgehead atoms. The van der Waals surface area contributed by atoms with E-state index in [9.17, 15) is 4.79 Å². The lowest BCUT2D eigenvalue weighted by Gasteiger charge is -2.10. The van der Waals surface area contributed by atoms with Gasteiger partial charge >= 0.3 is 0 Å². The average Bonchev–Trinajstić information content (AvgIpc) is 3.14. The number of anilines is 1. The largest absolute Gasteiger partial charge is 0.492 e. The topological polar surface area (TPSA) is 84.3 Å². The summed E-state index contributed by atoms with van der Waals surface area (Å²) in [4.78, 5) is 22.0. The quantitative estimate of drug-likeness (QED) is 0.506. The second-order valence-electron chi connectivity index (χ2n) is 6.73. The van der Waals surface area contributed by atoms with E-state index in [1.54, 1.807) is 0 Å². The molecular weight excluding hydrogens is 366 g/mol. The Morgan fingerprint density at radius 3 is 2.62 bits per heavy atom. The second kappa shape index (κ2) is 8.18. The van der Waals surface area contributed by atoms with Crippen molar-refractivity contribution in [2.45, 2.75) is 26.8 Å². The molecule has 0 saturated carbocycles. The lowest BCUT2D eigenvalue weighted by Crippen LogP contribution is -2.22.